The first-order chi connectivity index (χ1) is 9.82. The molecule has 21 heavy (non-hydrogen) atoms. The lowest BCUT2D eigenvalue weighted by molar-refractivity contribution is -0.212. The summed E-state index contributed by atoms with van der Waals surface area (Å²) in [5.41, 5.74) is -2.16. The maximum Gasteiger partial charge on any atom is 0.411 e. The van der Waals surface area contributed by atoms with Crippen LogP contribution < -0.4 is 10.6 Å². The molecule has 2 amide bonds. The van der Waals surface area contributed by atoms with Crippen LogP contribution in [0, 0.1) is 5.92 Å². The molecule has 2 fully saturated rings. The van der Waals surface area contributed by atoms with Crippen LogP contribution in [0.4, 0.5) is 18.0 Å². The van der Waals surface area contributed by atoms with Crippen molar-refractivity contribution in [2.45, 2.75) is 63.2 Å². The number of carbonyl (C=O) groups is 1. The van der Waals surface area contributed by atoms with Gasteiger partial charge in [-0.15, -0.1) is 0 Å². The maximum atomic E-state index is 13.3. The highest BCUT2D eigenvalue weighted by Gasteiger charge is 2.56. The number of ether oxygens (including phenoxy) is 1. The lowest BCUT2D eigenvalue weighted by Crippen LogP contribution is -2.63. The van der Waals surface area contributed by atoms with Crippen molar-refractivity contribution in [1.82, 2.24) is 10.6 Å². The van der Waals surface area contributed by atoms with Gasteiger partial charge in [-0.3, -0.25) is 0 Å². The molecule has 2 aliphatic rings. The van der Waals surface area contributed by atoms with E-state index in [2.05, 4.69) is 17.6 Å². The molecule has 0 bridgehead atoms. The van der Waals surface area contributed by atoms with Crippen LogP contribution in [0.2, 0.25) is 0 Å². The van der Waals surface area contributed by atoms with E-state index in [1.54, 1.807) is 0 Å². The molecule has 1 saturated heterocycles. The van der Waals surface area contributed by atoms with Crippen molar-refractivity contribution in [3.05, 3.63) is 0 Å². The van der Waals surface area contributed by atoms with Crippen molar-refractivity contribution in [2.24, 2.45) is 5.92 Å². The second-order valence-electron chi connectivity index (χ2n) is 6.26. The van der Waals surface area contributed by atoms with Gasteiger partial charge in [-0.1, -0.05) is 19.8 Å². The molecule has 1 heterocycles. The van der Waals surface area contributed by atoms with Gasteiger partial charge in [0.15, 0.2) is 0 Å². The molecule has 1 aliphatic heterocycles. The van der Waals surface area contributed by atoms with E-state index < -0.39 is 17.7 Å². The van der Waals surface area contributed by atoms with Crippen LogP contribution in [0.25, 0.3) is 0 Å². The molecule has 0 spiro atoms. The Labute approximate surface area is 122 Å². The lowest BCUT2D eigenvalue weighted by atomic mass is 9.87. The molecule has 4 nitrogen and oxygen atoms in total. The van der Waals surface area contributed by atoms with Crippen molar-refractivity contribution >= 4 is 6.03 Å². The molecule has 7 heteroatoms. The number of urea groups is 1. The topological polar surface area (TPSA) is 50.4 Å². The zero-order valence-corrected chi connectivity index (χ0v) is 12.3. The van der Waals surface area contributed by atoms with Crippen molar-refractivity contribution < 1.29 is 22.7 Å². The molecule has 0 aromatic heterocycles. The first kappa shape index (κ1) is 16.4. The van der Waals surface area contributed by atoms with Crippen LogP contribution in [0.15, 0.2) is 0 Å². The van der Waals surface area contributed by atoms with E-state index >= 15 is 0 Å². The van der Waals surface area contributed by atoms with Crippen LogP contribution >= 0.6 is 0 Å². The minimum Gasteiger partial charge on any atom is -0.381 e. The molecule has 0 radical (unpaired) electrons. The highest BCUT2D eigenvalue weighted by molar-refractivity contribution is 5.75. The van der Waals surface area contributed by atoms with Gasteiger partial charge >= 0.3 is 12.2 Å². The Morgan fingerprint density at radius 2 is 1.90 bits per heavy atom. The molecular formula is C14H23F3N2O2. The van der Waals surface area contributed by atoms with E-state index in [0.717, 1.165) is 25.7 Å². The number of nitrogens with one attached hydrogen (secondary N) is 2. The summed E-state index contributed by atoms with van der Waals surface area (Å²) >= 11 is 0. The van der Waals surface area contributed by atoms with Crippen LogP contribution in [-0.2, 0) is 4.74 Å². The van der Waals surface area contributed by atoms with Gasteiger partial charge < -0.3 is 15.4 Å². The van der Waals surface area contributed by atoms with Crippen molar-refractivity contribution in [3.63, 3.8) is 0 Å². The van der Waals surface area contributed by atoms with Gasteiger partial charge in [0.05, 0.1) is 0 Å². The molecule has 2 N–H and O–H groups in total. The average Bonchev–Trinajstić information content (AvgIpc) is 2.38. The van der Waals surface area contributed by atoms with Crippen molar-refractivity contribution in [3.8, 4) is 0 Å². The van der Waals surface area contributed by atoms with E-state index in [9.17, 15) is 18.0 Å². The quantitative estimate of drug-likeness (QED) is 0.824. The van der Waals surface area contributed by atoms with Crippen molar-refractivity contribution in [1.29, 1.82) is 0 Å². The smallest absolute Gasteiger partial charge is 0.381 e. The average molecular weight is 308 g/mol. The zero-order chi connectivity index (χ0) is 15.5. The third-order valence-corrected chi connectivity index (χ3v) is 4.51. The minimum atomic E-state index is -4.46. The second kappa shape index (κ2) is 6.42. The molecule has 0 aromatic carbocycles. The molecule has 2 atom stereocenters. The predicted molar refractivity (Wildman–Crippen MR) is 71.9 cm³/mol. The minimum absolute atomic E-state index is 0.0141. The van der Waals surface area contributed by atoms with Crippen molar-refractivity contribution in [2.75, 3.05) is 13.2 Å². The molecular weight excluding hydrogens is 285 g/mol. The third-order valence-electron chi connectivity index (χ3n) is 4.51. The van der Waals surface area contributed by atoms with Crippen LogP contribution in [-0.4, -0.2) is 37.0 Å². The fourth-order valence-corrected chi connectivity index (χ4v) is 3.20. The van der Waals surface area contributed by atoms with Gasteiger partial charge in [0.1, 0.15) is 5.54 Å². The Morgan fingerprint density at radius 3 is 2.48 bits per heavy atom. The van der Waals surface area contributed by atoms with E-state index in [-0.39, 0.29) is 32.1 Å². The summed E-state index contributed by atoms with van der Waals surface area (Å²) in [5.74, 6) is 0.503. The van der Waals surface area contributed by atoms with Gasteiger partial charge in [-0.25, -0.2) is 4.79 Å². The fraction of sp³-hybridized carbons (Fsp3) is 0.929. The number of hydrogen-bond donors (Lipinski definition) is 2. The Hall–Kier alpha value is -0.980. The lowest BCUT2D eigenvalue weighted by Gasteiger charge is -2.39. The molecule has 1 aliphatic carbocycles. The summed E-state index contributed by atoms with van der Waals surface area (Å²) in [6.07, 6.45) is -1.15. The Balaban J connectivity index is 1.95. The third kappa shape index (κ3) is 4.02. The summed E-state index contributed by atoms with van der Waals surface area (Å²) < 4.78 is 44.9. The monoisotopic (exact) mass is 308 g/mol. The van der Waals surface area contributed by atoms with E-state index in [0.29, 0.717) is 5.92 Å². The van der Waals surface area contributed by atoms with Gasteiger partial charge in [0.2, 0.25) is 0 Å². The van der Waals surface area contributed by atoms with Gasteiger partial charge in [0, 0.05) is 32.1 Å². The zero-order valence-electron chi connectivity index (χ0n) is 12.3. The molecule has 1 saturated carbocycles. The number of amides is 2. The number of halogens is 3. The summed E-state index contributed by atoms with van der Waals surface area (Å²) in [6, 6.07) is -0.743. The SMILES string of the molecule is CC1CCCC(NC(=O)NC2(C(F)(F)F)CCOCC2)C1. The molecule has 2 unspecified atom stereocenters. The van der Waals surface area contributed by atoms with E-state index in [1.165, 1.54) is 0 Å². The fourth-order valence-electron chi connectivity index (χ4n) is 3.20. The number of hydrogen-bond acceptors (Lipinski definition) is 2. The summed E-state index contributed by atoms with van der Waals surface area (Å²) in [7, 11) is 0. The summed E-state index contributed by atoms with van der Waals surface area (Å²) in [6.45, 7) is 2.13. The highest BCUT2D eigenvalue weighted by atomic mass is 19.4. The largest absolute Gasteiger partial charge is 0.411 e. The Kier molecular flexibility index (Phi) is 5.01. The van der Waals surface area contributed by atoms with Crippen LogP contribution in [0.5, 0.6) is 0 Å². The number of rotatable bonds is 2. The van der Waals surface area contributed by atoms with Crippen LogP contribution in [0.3, 0.4) is 0 Å². The summed E-state index contributed by atoms with van der Waals surface area (Å²) in [4.78, 5) is 12.0. The molecule has 2 rings (SSSR count). The molecule has 122 valence electrons. The Morgan fingerprint density at radius 1 is 1.24 bits per heavy atom. The number of carbonyl (C=O) groups excluding carboxylic acids is 1. The Bertz CT molecular complexity index is 368. The standard InChI is InChI=1S/C14H23F3N2O2/c1-10-3-2-4-11(9-10)18-12(20)19-13(14(15,16)17)5-7-21-8-6-13/h10-11H,2-9H2,1H3,(H2,18,19,20). The predicted octanol–water partition coefficient (Wildman–Crippen LogP) is 2.98. The van der Waals surface area contributed by atoms with Gasteiger partial charge in [-0.2, -0.15) is 13.2 Å². The number of alkyl halides is 3. The first-order valence-corrected chi connectivity index (χ1v) is 7.55. The first-order valence-electron chi connectivity index (χ1n) is 7.55. The second-order valence-corrected chi connectivity index (χ2v) is 6.26. The van der Waals surface area contributed by atoms with Gasteiger partial charge in [-0.05, 0) is 18.8 Å². The molecule has 0 aromatic rings. The van der Waals surface area contributed by atoms with E-state index in [1.807, 2.05) is 0 Å². The normalized spacial score (nSPS) is 29.7. The summed E-state index contributed by atoms with van der Waals surface area (Å²) in [5, 5.41) is 4.88. The maximum absolute atomic E-state index is 13.3. The van der Waals surface area contributed by atoms with Gasteiger partial charge in [0.25, 0.3) is 0 Å². The van der Waals surface area contributed by atoms with Crippen LogP contribution in [0.1, 0.15) is 45.4 Å². The van der Waals surface area contributed by atoms with E-state index in [4.69, 9.17) is 4.74 Å². The highest BCUT2D eigenvalue weighted by Crippen LogP contribution is 2.38.